The number of benzene rings is 2. The highest BCUT2D eigenvalue weighted by molar-refractivity contribution is 5.21. The summed E-state index contributed by atoms with van der Waals surface area (Å²) in [5.41, 5.74) is 2.18. The zero-order valence-corrected chi connectivity index (χ0v) is 14.8. The van der Waals surface area contributed by atoms with Crippen molar-refractivity contribution in [1.82, 2.24) is 10.2 Å². The van der Waals surface area contributed by atoms with Gasteiger partial charge in [0.25, 0.3) is 0 Å². The van der Waals surface area contributed by atoms with Crippen LogP contribution < -0.4 is 5.32 Å². The summed E-state index contributed by atoms with van der Waals surface area (Å²) in [5, 5.41) is 14.6. The number of ether oxygens (including phenoxy) is 1. The van der Waals surface area contributed by atoms with E-state index in [0.29, 0.717) is 0 Å². The summed E-state index contributed by atoms with van der Waals surface area (Å²) in [7, 11) is 0. The molecule has 0 unspecified atom stereocenters. The molecule has 0 aliphatic carbocycles. The molecular weight excluding hydrogens is 324 g/mol. The monoisotopic (exact) mass is 356 g/mol. The minimum atomic E-state index is -0.546. The largest absolute Gasteiger partial charge is 0.387 e. The van der Waals surface area contributed by atoms with E-state index in [-0.39, 0.29) is 19.5 Å². The van der Waals surface area contributed by atoms with E-state index in [1.165, 1.54) is 5.56 Å². The van der Waals surface area contributed by atoms with Gasteiger partial charge in [-0.05, 0) is 18.1 Å². The molecule has 4 heteroatoms. The molecule has 2 N–H and O–H groups in total. The van der Waals surface area contributed by atoms with Crippen LogP contribution in [0.4, 0.5) is 0 Å². The normalized spacial score (nSPS) is 18.5. The topological polar surface area (TPSA) is 44.7 Å². The van der Waals surface area contributed by atoms with Crippen molar-refractivity contribution in [2.24, 2.45) is 0 Å². The molecule has 0 bridgehead atoms. The van der Waals surface area contributed by atoms with Gasteiger partial charge in [0.2, 0.25) is 0 Å². The number of hydrogen-bond donors (Lipinski definition) is 2. The predicted molar refractivity (Wildman–Crippen MR) is 107 cm³/mol. The van der Waals surface area contributed by atoms with Crippen molar-refractivity contribution >= 4 is 0 Å². The molecule has 0 aromatic heterocycles. The molecule has 1 fully saturated rings. The fourth-order valence-electron chi connectivity index (χ4n) is 3.35. The second kappa shape index (κ2) is 10.4. The molecular formula is C22H32N2O2. The van der Waals surface area contributed by atoms with Gasteiger partial charge in [-0.3, -0.25) is 4.90 Å². The number of aliphatic hydroxyl groups excluding tert-OH is 1. The van der Waals surface area contributed by atoms with Gasteiger partial charge >= 0.3 is 0 Å². The van der Waals surface area contributed by atoms with Gasteiger partial charge in [-0.25, -0.2) is 0 Å². The number of aliphatic hydroxyl groups is 1. The Labute approximate surface area is 157 Å². The highest BCUT2D eigenvalue weighted by Gasteiger charge is 2.26. The molecule has 3 rings (SSSR count). The van der Waals surface area contributed by atoms with Crippen molar-refractivity contribution in [3.05, 3.63) is 71.8 Å². The van der Waals surface area contributed by atoms with Crippen LogP contribution in [0.3, 0.4) is 0 Å². The number of hydrogen-bond acceptors (Lipinski definition) is 4. The van der Waals surface area contributed by atoms with Crippen LogP contribution in [0.25, 0.3) is 0 Å². The van der Waals surface area contributed by atoms with Gasteiger partial charge in [-0.15, -0.1) is 0 Å². The third-order valence-electron chi connectivity index (χ3n) is 4.84. The second-order valence-corrected chi connectivity index (χ2v) is 6.67. The van der Waals surface area contributed by atoms with E-state index in [2.05, 4.69) is 41.4 Å². The molecule has 0 amide bonds. The van der Waals surface area contributed by atoms with Crippen LogP contribution in [0.1, 0.15) is 37.6 Å². The predicted octanol–water partition coefficient (Wildman–Crippen LogP) is 3.41. The minimum Gasteiger partial charge on any atom is -0.387 e. The van der Waals surface area contributed by atoms with Gasteiger partial charge in [-0.1, -0.05) is 68.1 Å². The van der Waals surface area contributed by atoms with Crippen molar-refractivity contribution in [1.29, 1.82) is 0 Å². The first kappa shape index (κ1) is 20.6. The molecule has 4 nitrogen and oxygen atoms in total. The number of morpholine rings is 1. The smallest absolute Gasteiger partial charge is 0.0955 e. The van der Waals surface area contributed by atoms with E-state index < -0.39 is 6.10 Å². The zero-order chi connectivity index (χ0) is 17.5. The third kappa shape index (κ3) is 5.64. The Hall–Kier alpha value is -1.72. The lowest BCUT2D eigenvalue weighted by atomic mass is 9.99. The van der Waals surface area contributed by atoms with Gasteiger partial charge in [0.05, 0.1) is 25.4 Å². The van der Waals surface area contributed by atoms with Crippen LogP contribution in [0.2, 0.25) is 0 Å². The Kier molecular flexibility index (Phi) is 8.26. The molecule has 0 spiro atoms. The van der Waals surface area contributed by atoms with Gasteiger partial charge < -0.3 is 15.2 Å². The van der Waals surface area contributed by atoms with Gasteiger partial charge in [0, 0.05) is 25.7 Å². The summed E-state index contributed by atoms with van der Waals surface area (Å²) in [6, 6.07) is 20.4. The first-order valence-corrected chi connectivity index (χ1v) is 9.08. The Morgan fingerprint density at radius 1 is 0.962 bits per heavy atom. The van der Waals surface area contributed by atoms with Crippen LogP contribution in [-0.4, -0.2) is 48.9 Å². The van der Waals surface area contributed by atoms with Crippen molar-refractivity contribution in [2.75, 3.05) is 32.8 Å². The van der Waals surface area contributed by atoms with Crippen molar-refractivity contribution in [2.45, 2.75) is 32.5 Å². The molecule has 0 saturated carbocycles. The molecule has 142 valence electrons. The lowest BCUT2D eigenvalue weighted by Gasteiger charge is -2.34. The lowest BCUT2D eigenvalue weighted by molar-refractivity contribution is 0.0188. The SMILES string of the molecule is C.C[C@H](N[C@H](CN1CCOCC1)[C@H](O)c1ccccc1)c1ccccc1. The van der Waals surface area contributed by atoms with Crippen LogP contribution >= 0.6 is 0 Å². The summed E-state index contributed by atoms with van der Waals surface area (Å²) < 4.78 is 5.45. The molecule has 1 aliphatic heterocycles. The van der Waals surface area contributed by atoms with E-state index in [4.69, 9.17) is 4.74 Å². The summed E-state index contributed by atoms with van der Waals surface area (Å²) in [6.07, 6.45) is -0.546. The maximum absolute atomic E-state index is 11.0. The maximum Gasteiger partial charge on any atom is 0.0955 e. The van der Waals surface area contributed by atoms with E-state index in [9.17, 15) is 5.11 Å². The fourth-order valence-corrected chi connectivity index (χ4v) is 3.35. The molecule has 26 heavy (non-hydrogen) atoms. The number of nitrogens with one attached hydrogen (secondary N) is 1. The quantitative estimate of drug-likeness (QED) is 0.798. The van der Waals surface area contributed by atoms with E-state index >= 15 is 0 Å². The lowest BCUT2D eigenvalue weighted by Crippen LogP contribution is -2.48. The summed E-state index contributed by atoms with van der Waals surface area (Å²) in [6.45, 7) is 6.32. The second-order valence-electron chi connectivity index (χ2n) is 6.67. The number of rotatable bonds is 7. The fraction of sp³-hybridized carbons (Fsp3) is 0.455. The summed E-state index contributed by atoms with van der Waals surface area (Å²) in [5.74, 6) is 0. The van der Waals surface area contributed by atoms with Crippen LogP contribution in [-0.2, 0) is 4.74 Å². The highest BCUT2D eigenvalue weighted by Crippen LogP contribution is 2.21. The number of nitrogens with zero attached hydrogens (tertiary/aromatic N) is 1. The summed E-state index contributed by atoms with van der Waals surface area (Å²) in [4.78, 5) is 2.37. The van der Waals surface area contributed by atoms with E-state index in [1.54, 1.807) is 0 Å². The molecule has 2 aromatic rings. The van der Waals surface area contributed by atoms with Crippen molar-refractivity contribution < 1.29 is 9.84 Å². The molecule has 2 aromatic carbocycles. The molecule has 3 atom stereocenters. The molecule has 1 aliphatic rings. The zero-order valence-electron chi connectivity index (χ0n) is 14.8. The minimum absolute atomic E-state index is 0. The first-order valence-electron chi connectivity index (χ1n) is 9.08. The average Bonchev–Trinajstić information content (AvgIpc) is 2.69. The highest BCUT2D eigenvalue weighted by atomic mass is 16.5. The summed E-state index contributed by atoms with van der Waals surface area (Å²) >= 11 is 0. The Bertz CT molecular complexity index is 615. The molecule has 1 heterocycles. The van der Waals surface area contributed by atoms with Gasteiger partial charge in [0.15, 0.2) is 0 Å². The van der Waals surface area contributed by atoms with E-state index in [0.717, 1.165) is 38.4 Å². The van der Waals surface area contributed by atoms with Crippen molar-refractivity contribution in [3.63, 3.8) is 0 Å². The Balaban J connectivity index is 0.00000243. The van der Waals surface area contributed by atoms with Crippen molar-refractivity contribution in [3.8, 4) is 0 Å². The van der Waals surface area contributed by atoms with Crippen LogP contribution in [0.5, 0.6) is 0 Å². The van der Waals surface area contributed by atoms with Crippen LogP contribution in [0, 0.1) is 0 Å². The van der Waals surface area contributed by atoms with E-state index in [1.807, 2.05) is 36.4 Å². The average molecular weight is 357 g/mol. The Morgan fingerprint density at radius 3 is 2.08 bits per heavy atom. The molecule has 0 radical (unpaired) electrons. The van der Waals surface area contributed by atoms with Gasteiger partial charge in [-0.2, -0.15) is 0 Å². The maximum atomic E-state index is 11.0. The van der Waals surface area contributed by atoms with Gasteiger partial charge in [0.1, 0.15) is 0 Å². The Morgan fingerprint density at radius 2 is 1.50 bits per heavy atom. The molecule has 1 saturated heterocycles. The third-order valence-corrected chi connectivity index (χ3v) is 4.84. The standard InChI is InChI=1S/C21H28N2O2.CH4/c1-17(18-8-4-2-5-9-18)22-20(16-23-12-14-25-15-13-23)21(24)19-10-6-3-7-11-19;/h2-11,17,20-22,24H,12-16H2,1H3;1H4/t17-,20+,21+;/m0./s1. The first-order chi connectivity index (χ1) is 12.2. The van der Waals surface area contributed by atoms with Crippen LogP contribution in [0.15, 0.2) is 60.7 Å².